The number of halogens is 4. The van der Waals surface area contributed by atoms with Gasteiger partial charge >= 0.3 is 6.18 Å². The van der Waals surface area contributed by atoms with Gasteiger partial charge in [0, 0.05) is 5.02 Å². The van der Waals surface area contributed by atoms with Crippen molar-refractivity contribution in [2.75, 3.05) is 12.3 Å². The summed E-state index contributed by atoms with van der Waals surface area (Å²) in [5.74, 6) is -1.14. The summed E-state index contributed by atoms with van der Waals surface area (Å²) in [5.41, 5.74) is 0.549. The molecule has 1 amide bonds. The van der Waals surface area contributed by atoms with Crippen LogP contribution in [0, 0.1) is 0 Å². The minimum Gasteiger partial charge on any atom is -0.346 e. The number of carbonyl (C=O) groups excluding carboxylic acids is 1. The van der Waals surface area contributed by atoms with Crippen molar-refractivity contribution in [3.05, 3.63) is 63.9 Å². The fourth-order valence-corrected chi connectivity index (χ4v) is 3.38. The first-order chi connectivity index (χ1) is 13.2. The van der Waals surface area contributed by atoms with Crippen LogP contribution in [0.3, 0.4) is 0 Å². The van der Waals surface area contributed by atoms with E-state index in [0.717, 1.165) is 11.8 Å². The topological polar surface area (TPSA) is 64.0 Å². The summed E-state index contributed by atoms with van der Waals surface area (Å²) in [6, 6.07) is 13.1. The predicted octanol–water partition coefficient (Wildman–Crippen LogP) is 3.81. The fraction of sp³-hybridized carbons (Fsp3) is 0.167. The highest BCUT2D eigenvalue weighted by atomic mass is 35.5. The Labute approximate surface area is 166 Å². The maximum atomic E-state index is 13.0. The second-order valence-electron chi connectivity index (χ2n) is 5.71. The molecule has 0 atom stereocenters. The summed E-state index contributed by atoms with van der Waals surface area (Å²) in [5, 5.41) is 2.84. The minimum absolute atomic E-state index is 0.188. The number of alkyl halides is 3. The van der Waals surface area contributed by atoms with Gasteiger partial charge in [-0.15, -0.1) is 0 Å². The van der Waals surface area contributed by atoms with Crippen molar-refractivity contribution in [3.63, 3.8) is 0 Å². The zero-order chi connectivity index (χ0) is 20.3. The van der Waals surface area contributed by atoms with Gasteiger partial charge in [0.1, 0.15) is 6.54 Å². The van der Waals surface area contributed by atoms with Gasteiger partial charge in [0.25, 0.3) is 5.56 Å². The van der Waals surface area contributed by atoms with Crippen molar-refractivity contribution in [2.24, 2.45) is 0 Å². The van der Waals surface area contributed by atoms with Gasteiger partial charge in [-0.1, -0.05) is 35.5 Å². The van der Waals surface area contributed by atoms with Crippen molar-refractivity contribution >= 4 is 40.2 Å². The van der Waals surface area contributed by atoms with Crippen molar-refractivity contribution in [3.8, 4) is 5.69 Å². The first-order valence-corrected chi connectivity index (χ1v) is 9.35. The predicted molar refractivity (Wildman–Crippen MR) is 102 cm³/mol. The Bertz CT molecular complexity index is 1070. The molecule has 1 N–H and O–H groups in total. The lowest BCUT2D eigenvalue weighted by molar-refractivity contribution is -0.136. The molecule has 2 aromatic carbocycles. The summed E-state index contributed by atoms with van der Waals surface area (Å²) in [6.45, 7) is -1.42. The molecule has 28 heavy (non-hydrogen) atoms. The minimum atomic E-state index is -4.49. The molecule has 0 unspecified atom stereocenters. The molecule has 0 aliphatic rings. The number of para-hydroxylation sites is 1. The summed E-state index contributed by atoms with van der Waals surface area (Å²) >= 11 is 6.77. The summed E-state index contributed by atoms with van der Waals surface area (Å²) in [4.78, 5) is 29.1. The Morgan fingerprint density at radius 3 is 2.50 bits per heavy atom. The lowest BCUT2D eigenvalue weighted by atomic mass is 10.2. The summed E-state index contributed by atoms with van der Waals surface area (Å²) in [6.07, 6.45) is -4.49. The standard InChI is InChI=1S/C18H13ClF3N3O2S/c19-11-5-7-12(8-6-11)25-16(27)13-3-1-2-4-14(13)24-17(25)28-9-15(26)23-10-18(20,21)22/h1-8H,9-10H2,(H,23,26). The molecule has 5 nitrogen and oxygen atoms in total. The number of benzene rings is 2. The van der Waals surface area contributed by atoms with Crippen LogP contribution in [-0.2, 0) is 4.79 Å². The monoisotopic (exact) mass is 427 g/mol. The van der Waals surface area contributed by atoms with Crippen LogP contribution in [-0.4, -0.2) is 33.9 Å². The third-order valence-electron chi connectivity index (χ3n) is 3.65. The number of thioether (sulfide) groups is 1. The number of hydrogen-bond acceptors (Lipinski definition) is 4. The largest absolute Gasteiger partial charge is 0.405 e. The Hall–Kier alpha value is -2.52. The molecule has 0 aliphatic carbocycles. The lowest BCUT2D eigenvalue weighted by Gasteiger charge is -2.13. The number of amides is 1. The lowest BCUT2D eigenvalue weighted by Crippen LogP contribution is -2.35. The summed E-state index contributed by atoms with van der Waals surface area (Å²) in [7, 11) is 0. The molecule has 10 heteroatoms. The van der Waals surface area contributed by atoms with Crippen molar-refractivity contribution < 1.29 is 18.0 Å². The van der Waals surface area contributed by atoms with Gasteiger partial charge in [-0.3, -0.25) is 14.2 Å². The number of nitrogens with zero attached hydrogens (tertiary/aromatic N) is 2. The van der Waals surface area contributed by atoms with Gasteiger partial charge in [-0.25, -0.2) is 4.98 Å². The highest BCUT2D eigenvalue weighted by molar-refractivity contribution is 7.99. The molecule has 0 bridgehead atoms. The highest BCUT2D eigenvalue weighted by Crippen LogP contribution is 2.22. The van der Waals surface area contributed by atoms with Crippen LogP contribution >= 0.6 is 23.4 Å². The molecule has 0 aliphatic heterocycles. The van der Waals surface area contributed by atoms with Crippen molar-refractivity contribution in [1.82, 2.24) is 14.9 Å². The smallest absolute Gasteiger partial charge is 0.346 e. The number of hydrogen-bond donors (Lipinski definition) is 1. The number of carbonyl (C=O) groups is 1. The van der Waals surface area contributed by atoms with E-state index in [1.807, 2.05) is 0 Å². The molecule has 0 fully saturated rings. The van der Waals surface area contributed by atoms with Crippen LogP contribution in [0.2, 0.25) is 5.02 Å². The molecule has 0 saturated carbocycles. The van der Waals surface area contributed by atoms with Crippen LogP contribution in [0.4, 0.5) is 13.2 Å². The van der Waals surface area contributed by atoms with Gasteiger partial charge < -0.3 is 5.32 Å². The van der Waals surface area contributed by atoms with Crippen molar-refractivity contribution in [2.45, 2.75) is 11.3 Å². The normalized spacial score (nSPS) is 11.6. The van der Waals surface area contributed by atoms with E-state index in [9.17, 15) is 22.8 Å². The first kappa shape index (κ1) is 20.2. The van der Waals surface area contributed by atoms with E-state index >= 15 is 0 Å². The van der Waals surface area contributed by atoms with Gasteiger partial charge in [0.2, 0.25) is 5.91 Å². The highest BCUT2D eigenvalue weighted by Gasteiger charge is 2.27. The third-order valence-corrected chi connectivity index (χ3v) is 4.84. The number of fused-ring (bicyclic) bond motifs is 1. The second kappa shape index (κ2) is 8.24. The molecule has 0 saturated heterocycles. The summed E-state index contributed by atoms with van der Waals surface area (Å²) < 4.78 is 38.0. The SMILES string of the molecule is O=C(CSc1nc2ccccc2c(=O)n1-c1ccc(Cl)cc1)NCC(F)(F)F. The Balaban J connectivity index is 1.96. The van der Waals surface area contributed by atoms with E-state index in [1.165, 1.54) is 4.57 Å². The van der Waals surface area contributed by atoms with E-state index in [2.05, 4.69) is 4.98 Å². The van der Waals surface area contributed by atoms with E-state index in [1.54, 1.807) is 53.8 Å². The molecule has 3 rings (SSSR count). The number of rotatable bonds is 5. The van der Waals surface area contributed by atoms with Crippen LogP contribution in [0.5, 0.6) is 0 Å². The van der Waals surface area contributed by atoms with Crippen LogP contribution in [0.25, 0.3) is 16.6 Å². The maximum Gasteiger partial charge on any atom is 0.405 e. The van der Waals surface area contributed by atoms with Crippen LogP contribution in [0.1, 0.15) is 0 Å². The molecular weight excluding hydrogens is 415 g/mol. The fourth-order valence-electron chi connectivity index (χ4n) is 2.41. The van der Waals surface area contributed by atoms with Crippen molar-refractivity contribution in [1.29, 1.82) is 0 Å². The third kappa shape index (κ3) is 4.85. The molecule has 3 aromatic rings. The Kier molecular flexibility index (Phi) is 5.95. The second-order valence-corrected chi connectivity index (χ2v) is 7.09. The molecular formula is C18H13ClF3N3O2S. The van der Waals surface area contributed by atoms with Gasteiger partial charge in [0.15, 0.2) is 5.16 Å². The number of nitrogens with one attached hydrogen (secondary N) is 1. The average Bonchev–Trinajstić information content (AvgIpc) is 2.65. The Morgan fingerprint density at radius 2 is 1.82 bits per heavy atom. The van der Waals surface area contributed by atoms with Gasteiger partial charge in [-0.2, -0.15) is 13.2 Å². The van der Waals surface area contributed by atoms with Crippen LogP contribution < -0.4 is 10.9 Å². The first-order valence-electron chi connectivity index (χ1n) is 7.98. The maximum absolute atomic E-state index is 13.0. The van der Waals surface area contributed by atoms with Crippen LogP contribution in [0.15, 0.2) is 58.5 Å². The van der Waals surface area contributed by atoms with E-state index in [4.69, 9.17) is 11.6 Å². The van der Waals surface area contributed by atoms with E-state index < -0.39 is 18.6 Å². The molecule has 146 valence electrons. The molecule has 1 heterocycles. The molecule has 0 radical (unpaired) electrons. The quantitative estimate of drug-likeness (QED) is 0.497. The number of aromatic nitrogens is 2. The zero-order valence-electron chi connectivity index (χ0n) is 14.2. The average molecular weight is 428 g/mol. The molecule has 1 aromatic heterocycles. The van der Waals surface area contributed by atoms with E-state index in [-0.39, 0.29) is 16.5 Å². The van der Waals surface area contributed by atoms with Gasteiger partial charge in [0.05, 0.1) is 22.3 Å². The zero-order valence-corrected chi connectivity index (χ0v) is 15.7. The molecule has 0 spiro atoms. The van der Waals surface area contributed by atoms with Gasteiger partial charge in [-0.05, 0) is 36.4 Å². The Morgan fingerprint density at radius 1 is 1.14 bits per heavy atom. The van der Waals surface area contributed by atoms with E-state index in [0.29, 0.717) is 21.6 Å².